The van der Waals surface area contributed by atoms with Crippen LogP contribution in [-0.2, 0) is 0 Å². The molecule has 0 amide bonds. The second-order valence-electron chi connectivity index (χ2n) is 9.90. The zero-order valence-electron chi connectivity index (χ0n) is 25.7. The molecule has 0 atom stereocenters. The van der Waals surface area contributed by atoms with E-state index in [2.05, 4.69) is 21.3 Å². The Bertz CT molecular complexity index is 1780. The first kappa shape index (κ1) is 29.8. The molecule has 0 bridgehead atoms. The lowest BCUT2D eigenvalue weighted by Gasteiger charge is -2.16. The summed E-state index contributed by atoms with van der Waals surface area (Å²) in [6.45, 7) is 0. The van der Waals surface area contributed by atoms with Crippen molar-refractivity contribution in [1.82, 2.24) is 19.9 Å². The van der Waals surface area contributed by atoms with E-state index in [4.69, 9.17) is 38.9 Å². The Morgan fingerprint density at radius 1 is 0.348 bits per heavy atom. The summed E-state index contributed by atoms with van der Waals surface area (Å²) in [5, 5.41) is 13.4. The third-order valence-electron chi connectivity index (χ3n) is 6.94. The standard InChI is InChI=1S/C34H32N8O4/c1-43-25-13-5-21(6-14-25)35-31-29-30(40-33(41-31)37-23-9-17-27(45-3)18-10-23)32(36-22-7-15-26(44-2)16-8-22)42-34(39-29)38-24-11-19-28(46-4)20-12-24/h5-20H,1-4H3,(H2,35,37,40,41)(H2,36,38,39,42). The van der Waals surface area contributed by atoms with E-state index in [0.29, 0.717) is 34.6 Å². The van der Waals surface area contributed by atoms with Crippen molar-refractivity contribution in [1.29, 1.82) is 0 Å². The number of nitrogens with one attached hydrogen (secondary N) is 4. The van der Waals surface area contributed by atoms with Gasteiger partial charge in [-0.15, -0.1) is 0 Å². The minimum Gasteiger partial charge on any atom is -0.497 e. The Hall–Kier alpha value is -6.30. The third kappa shape index (κ3) is 6.91. The van der Waals surface area contributed by atoms with Crippen LogP contribution in [0.1, 0.15) is 0 Å². The Labute approximate surface area is 265 Å². The molecule has 0 radical (unpaired) electrons. The van der Waals surface area contributed by atoms with Gasteiger partial charge in [0.25, 0.3) is 0 Å². The maximum Gasteiger partial charge on any atom is 0.230 e. The highest BCUT2D eigenvalue weighted by atomic mass is 16.5. The van der Waals surface area contributed by atoms with Gasteiger partial charge < -0.3 is 40.2 Å². The molecular formula is C34H32N8O4. The molecular weight excluding hydrogens is 584 g/mol. The largest absolute Gasteiger partial charge is 0.497 e. The minimum atomic E-state index is 0.339. The van der Waals surface area contributed by atoms with Gasteiger partial charge in [0.05, 0.1) is 28.4 Å². The van der Waals surface area contributed by atoms with Crippen molar-refractivity contribution in [3.8, 4) is 23.0 Å². The normalized spacial score (nSPS) is 10.6. The summed E-state index contributed by atoms with van der Waals surface area (Å²) in [5.41, 5.74) is 4.09. The molecule has 12 heteroatoms. The van der Waals surface area contributed by atoms with Crippen LogP contribution in [0.4, 0.5) is 46.3 Å². The van der Waals surface area contributed by atoms with Crippen LogP contribution in [0, 0.1) is 0 Å². The second-order valence-corrected chi connectivity index (χ2v) is 9.90. The summed E-state index contributed by atoms with van der Waals surface area (Å²) < 4.78 is 21.3. The number of benzene rings is 4. The average Bonchev–Trinajstić information content (AvgIpc) is 3.10. The molecule has 0 saturated carbocycles. The first-order chi connectivity index (χ1) is 22.5. The molecule has 0 unspecified atom stereocenters. The monoisotopic (exact) mass is 616 g/mol. The number of hydrogen-bond donors (Lipinski definition) is 4. The molecule has 0 spiro atoms. The van der Waals surface area contributed by atoms with Crippen LogP contribution in [0.2, 0.25) is 0 Å². The Kier molecular flexibility index (Phi) is 8.77. The minimum absolute atomic E-state index is 0.339. The number of nitrogens with zero attached hydrogens (tertiary/aromatic N) is 4. The second kappa shape index (κ2) is 13.6. The lowest BCUT2D eigenvalue weighted by atomic mass is 10.2. The number of ether oxygens (including phenoxy) is 4. The fraction of sp³-hybridized carbons (Fsp3) is 0.118. The van der Waals surface area contributed by atoms with Gasteiger partial charge in [-0.3, -0.25) is 0 Å². The van der Waals surface area contributed by atoms with Crippen LogP contribution in [0.15, 0.2) is 97.1 Å². The summed E-state index contributed by atoms with van der Waals surface area (Å²) in [4.78, 5) is 19.4. The molecule has 0 aliphatic heterocycles. The van der Waals surface area contributed by atoms with Crippen LogP contribution in [0.3, 0.4) is 0 Å². The maximum atomic E-state index is 5.34. The lowest BCUT2D eigenvalue weighted by Crippen LogP contribution is -2.08. The van der Waals surface area contributed by atoms with Crippen LogP contribution < -0.4 is 40.2 Å². The van der Waals surface area contributed by atoms with E-state index < -0.39 is 0 Å². The van der Waals surface area contributed by atoms with Crippen LogP contribution in [0.5, 0.6) is 23.0 Å². The van der Waals surface area contributed by atoms with E-state index in [-0.39, 0.29) is 0 Å². The van der Waals surface area contributed by atoms with Gasteiger partial charge in [-0.1, -0.05) is 0 Å². The molecule has 4 aromatic carbocycles. The van der Waals surface area contributed by atoms with Gasteiger partial charge in [-0.25, -0.2) is 9.97 Å². The van der Waals surface area contributed by atoms with Gasteiger partial charge in [0.1, 0.15) is 34.0 Å². The number of aromatic nitrogens is 4. The summed E-state index contributed by atoms with van der Waals surface area (Å²) in [6.07, 6.45) is 0. The van der Waals surface area contributed by atoms with Crippen molar-refractivity contribution >= 4 is 57.3 Å². The fourth-order valence-electron chi connectivity index (χ4n) is 4.53. The van der Waals surface area contributed by atoms with E-state index >= 15 is 0 Å². The maximum absolute atomic E-state index is 5.34. The van der Waals surface area contributed by atoms with E-state index in [9.17, 15) is 0 Å². The van der Waals surface area contributed by atoms with Crippen LogP contribution >= 0.6 is 0 Å². The third-order valence-corrected chi connectivity index (χ3v) is 6.94. The van der Waals surface area contributed by atoms with Crippen molar-refractivity contribution < 1.29 is 18.9 Å². The zero-order valence-corrected chi connectivity index (χ0v) is 25.7. The molecule has 46 heavy (non-hydrogen) atoms. The van der Waals surface area contributed by atoms with Crippen molar-refractivity contribution in [2.75, 3.05) is 49.7 Å². The van der Waals surface area contributed by atoms with Gasteiger partial charge >= 0.3 is 0 Å². The van der Waals surface area contributed by atoms with Crippen molar-refractivity contribution in [2.45, 2.75) is 0 Å². The summed E-state index contributed by atoms with van der Waals surface area (Å²) >= 11 is 0. The molecule has 0 aliphatic rings. The number of hydrogen-bond acceptors (Lipinski definition) is 12. The quantitative estimate of drug-likeness (QED) is 0.109. The van der Waals surface area contributed by atoms with Gasteiger partial charge in [0.15, 0.2) is 11.6 Å². The molecule has 2 aromatic heterocycles. The predicted molar refractivity (Wildman–Crippen MR) is 180 cm³/mol. The van der Waals surface area contributed by atoms with Gasteiger partial charge in [-0.2, -0.15) is 9.97 Å². The molecule has 6 aromatic rings. The number of anilines is 8. The van der Waals surface area contributed by atoms with Crippen molar-refractivity contribution in [3.63, 3.8) is 0 Å². The number of methoxy groups -OCH3 is 4. The molecule has 0 fully saturated rings. The number of fused-ring (bicyclic) bond motifs is 1. The summed E-state index contributed by atoms with van der Waals surface area (Å²) in [5.74, 6) is 4.55. The zero-order chi connectivity index (χ0) is 31.9. The van der Waals surface area contributed by atoms with Gasteiger partial charge in [0, 0.05) is 22.7 Å². The van der Waals surface area contributed by atoms with Crippen molar-refractivity contribution in [3.05, 3.63) is 97.1 Å². The fourth-order valence-corrected chi connectivity index (χ4v) is 4.53. The highest BCUT2D eigenvalue weighted by Gasteiger charge is 2.18. The molecule has 4 N–H and O–H groups in total. The Balaban J connectivity index is 1.48. The lowest BCUT2D eigenvalue weighted by molar-refractivity contribution is 0.415. The molecule has 2 heterocycles. The molecule has 0 saturated heterocycles. The highest BCUT2D eigenvalue weighted by molar-refractivity contribution is 5.97. The summed E-state index contributed by atoms with van der Waals surface area (Å²) in [6, 6.07) is 30.0. The topological polar surface area (TPSA) is 137 Å². The molecule has 6 rings (SSSR count). The highest BCUT2D eigenvalue weighted by Crippen LogP contribution is 2.33. The number of rotatable bonds is 12. The average molecular weight is 617 g/mol. The smallest absolute Gasteiger partial charge is 0.230 e. The molecule has 12 nitrogen and oxygen atoms in total. The Morgan fingerprint density at radius 3 is 0.870 bits per heavy atom. The molecule has 232 valence electrons. The molecule has 0 aliphatic carbocycles. The van der Waals surface area contributed by atoms with Gasteiger partial charge in [0.2, 0.25) is 11.9 Å². The van der Waals surface area contributed by atoms with E-state index in [1.807, 2.05) is 97.1 Å². The van der Waals surface area contributed by atoms with E-state index in [0.717, 1.165) is 45.7 Å². The SMILES string of the molecule is COc1ccc(Nc2nc(Nc3ccc(OC)cc3)c3nc(Nc4ccc(OC)cc4)nc(Nc4ccc(OC)cc4)c3n2)cc1. The first-order valence-electron chi connectivity index (χ1n) is 14.3. The van der Waals surface area contributed by atoms with Crippen molar-refractivity contribution in [2.24, 2.45) is 0 Å². The van der Waals surface area contributed by atoms with E-state index in [1.165, 1.54) is 0 Å². The Morgan fingerprint density at radius 2 is 0.609 bits per heavy atom. The first-order valence-corrected chi connectivity index (χ1v) is 14.3. The van der Waals surface area contributed by atoms with E-state index in [1.54, 1.807) is 28.4 Å². The van der Waals surface area contributed by atoms with Crippen LogP contribution in [0.25, 0.3) is 11.0 Å². The van der Waals surface area contributed by atoms with Gasteiger partial charge in [-0.05, 0) is 97.1 Å². The predicted octanol–water partition coefficient (Wildman–Crippen LogP) is 7.43. The summed E-state index contributed by atoms with van der Waals surface area (Å²) in [7, 11) is 6.51. The van der Waals surface area contributed by atoms with Crippen LogP contribution in [-0.4, -0.2) is 48.4 Å².